The van der Waals surface area contributed by atoms with Crippen LogP contribution in [0.1, 0.15) is 47.1 Å². The van der Waals surface area contributed by atoms with E-state index in [1.54, 1.807) is 29.2 Å². The number of hydrogen-bond donors (Lipinski definition) is 1. The largest absolute Gasteiger partial charge is 0.494 e. The van der Waals surface area contributed by atoms with Crippen molar-refractivity contribution >= 4 is 61.7 Å². The molecule has 2 atom stereocenters. The van der Waals surface area contributed by atoms with Gasteiger partial charge in [0.15, 0.2) is 5.78 Å². The van der Waals surface area contributed by atoms with E-state index in [4.69, 9.17) is 9.72 Å². The number of aromatic carboxylic acids is 1. The van der Waals surface area contributed by atoms with Crippen molar-refractivity contribution < 1.29 is 23.8 Å². The highest BCUT2D eigenvalue weighted by molar-refractivity contribution is 8.01. The number of thiazole rings is 1. The van der Waals surface area contributed by atoms with Gasteiger partial charge in [0, 0.05) is 43.8 Å². The summed E-state index contributed by atoms with van der Waals surface area (Å²) < 4.78 is 23.9. The van der Waals surface area contributed by atoms with Crippen LogP contribution in [0, 0.1) is 5.82 Å². The molecule has 0 radical (unpaired) electrons. The summed E-state index contributed by atoms with van der Waals surface area (Å²) in [6, 6.07) is 8.81. The summed E-state index contributed by atoms with van der Waals surface area (Å²) in [5, 5.41) is 10.4. The number of carboxylic acid groups (broad SMARTS) is 1. The molecule has 12 heteroatoms. The Morgan fingerprint density at radius 3 is 2.64 bits per heavy atom. The molecule has 2 aromatic heterocycles. The topological polar surface area (TPSA) is 105 Å². The van der Waals surface area contributed by atoms with Gasteiger partial charge in [-0.25, -0.2) is 14.2 Å². The number of rotatable bonds is 7. The first-order valence-electron chi connectivity index (χ1n) is 14.1. The van der Waals surface area contributed by atoms with Crippen LogP contribution in [0.2, 0.25) is 0 Å². The molecule has 4 heterocycles. The minimum Gasteiger partial charge on any atom is -0.494 e. The maximum absolute atomic E-state index is 15.5. The van der Waals surface area contributed by atoms with Crippen molar-refractivity contribution in [3.8, 4) is 5.75 Å². The van der Waals surface area contributed by atoms with Gasteiger partial charge in [0.1, 0.15) is 22.1 Å². The van der Waals surface area contributed by atoms with Gasteiger partial charge in [-0.15, -0.1) is 23.1 Å². The molecular weight excluding hydrogens is 579 g/mol. The van der Waals surface area contributed by atoms with Gasteiger partial charge in [-0.2, -0.15) is 0 Å². The van der Waals surface area contributed by atoms with Crippen LogP contribution < -0.4 is 15.1 Å². The maximum atomic E-state index is 15.5. The van der Waals surface area contributed by atoms with Crippen molar-refractivity contribution in [3.05, 3.63) is 63.1 Å². The SMILES string of the molecule is CCOc1ccc2nc(C3C(=O)CSC3N3CCN(c4cc5c(cc4F)c(=O)c(C(=O)O)cn5C4CC4)CC3)sc2c1. The molecule has 2 unspecified atom stereocenters. The molecule has 1 N–H and O–H groups in total. The molecule has 0 amide bonds. The number of fused-ring (bicyclic) bond motifs is 2. The van der Waals surface area contributed by atoms with Gasteiger partial charge < -0.3 is 19.3 Å². The Labute approximate surface area is 248 Å². The molecule has 0 bridgehead atoms. The number of carbonyl (C=O) groups excluding carboxylic acids is 1. The molecule has 3 fully saturated rings. The van der Waals surface area contributed by atoms with E-state index in [-0.39, 0.29) is 34.1 Å². The van der Waals surface area contributed by atoms with Crippen LogP contribution >= 0.6 is 23.1 Å². The van der Waals surface area contributed by atoms with E-state index in [1.165, 1.54) is 12.3 Å². The molecule has 0 spiro atoms. The van der Waals surface area contributed by atoms with Crippen LogP contribution in [0.15, 0.2) is 41.3 Å². The predicted molar refractivity (Wildman–Crippen MR) is 162 cm³/mol. The molecule has 7 rings (SSSR count). The molecule has 4 aromatic rings. The van der Waals surface area contributed by atoms with E-state index in [0.717, 1.165) is 33.8 Å². The van der Waals surface area contributed by atoms with Crippen molar-refractivity contribution in [2.24, 2.45) is 0 Å². The number of Topliss-reactive ketones (excluding diaryl/α,β-unsaturated/α-hetero) is 1. The number of pyridine rings is 1. The monoisotopic (exact) mass is 608 g/mol. The molecule has 2 aromatic carbocycles. The lowest BCUT2D eigenvalue weighted by Crippen LogP contribution is -2.50. The fourth-order valence-corrected chi connectivity index (χ4v) is 8.67. The van der Waals surface area contributed by atoms with E-state index in [1.807, 2.05) is 34.6 Å². The average molecular weight is 609 g/mol. The second-order valence-electron chi connectivity index (χ2n) is 10.9. The summed E-state index contributed by atoms with van der Waals surface area (Å²) in [5.74, 6) is -0.760. The predicted octanol–water partition coefficient (Wildman–Crippen LogP) is 4.73. The Balaban J connectivity index is 1.13. The summed E-state index contributed by atoms with van der Waals surface area (Å²) in [5.41, 5.74) is 0.825. The summed E-state index contributed by atoms with van der Waals surface area (Å²) in [4.78, 5) is 46.7. The second kappa shape index (κ2) is 10.7. The Hall–Kier alpha value is -3.48. The highest BCUT2D eigenvalue weighted by Gasteiger charge is 2.43. The molecular formula is C30H29FN4O5S2. The van der Waals surface area contributed by atoms with E-state index in [0.29, 0.717) is 49.7 Å². The highest BCUT2D eigenvalue weighted by Crippen LogP contribution is 2.43. The van der Waals surface area contributed by atoms with Crippen LogP contribution in [0.3, 0.4) is 0 Å². The number of nitrogens with zero attached hydrogens (tertiary/aromatic N) is 4. The maximum Gasteiger partial charge on any atom is 0.341 e. The quantitative estimate of drug-likeness (QED) is 0.319. The second-order valence-corrected chi connectivity index (χ2v) is 13.1. The zero-order valence-electron chi connectivity index (χ0n) is 22.9. The number of carbonyl (C=O) groups is 2. The number of halogens is 1. The molecule has 9 nitrogen and oxygen atoms in total. The summed E-state index contributed by atoms with van der Waals surface area (Å²) in [6.07, 6.45) is 3.19. The number of piperazine rings is 1. The normalized spacial score (nSPS) is 21.5. The van der Waals surface area contributed by atoms with E-state index in [2.05, 4.69) is 4.90 Å². The van der Waals surface area contributed by atoms with Crippen LogP contribution in [-0.2, 0) is 4.79 Å². The molecule has 1 aliphatic carbocycles. The highest BCUT2D eigenvalue weighted by atomic mass is 32.2. The van der Waals surface area contributed by atoms with Gasteiger partial charge in [0.25, 0.3) is 0 Å². The third kappa shape index (κ3) is 4.75. The molecule has 42 heavy (non-hydrogen) atoms. The third-order valence-corrected chi connectivity index (χ3v) is 10.7. The van der Waals surface area contributed by atoms with Gasteiger partial charge in [0.05, 0.1) is 45.1 Å². The van der Waals surface area contributed by atoms with E-state index in [9.17, 15) is 19.5 Å². The van der Waals surface area contributed by atoms with Crippen molar-refractivity contribution in [2.45, 2.75) is 37.1 Å². The van der Waals surface area contributed by atoms with Gasteiger partial charge >= 0.3 is 5.97 Å². The number of ether oxygens (including phenoxy) is 1. The number of aromatic nitrogens is 2. The smallest absolute Gasteiger partial charge is 0.341 e. The van der Waals surface area contributed by atoms with Gasteiger partial charge in [-0.3, -0.25) is 14.5 Å². The van der Waals surface area contributed by atoms with Crippen molar-refractivity contribution in [1.29, 1.82) is 0 Å². The number of ketones is 1. The zero-order valence-corrected chi connectivity index (χ0v) is 24.5. The first kappa shape index (κ1) is 27.4. The number of hydrogen-bond acceptors (Lipinski definition) is 9. The first-order valence-corrected chi connectivity index (χ1v) is 16.0. The standard InChI is InChI=1S/C30H29FN4O5S2/c1-2-40-17-5-6-21-25(11-17)42-28(32-21)26-24(36)15-41-29(26)34-9-7-33(8-10-34)23-13-22-18(12-20(23)31)27(37)19(30(38)39)14-35(22)16-3-4-16/h5-6,11-14,16,26,29H,2-4,7-10,15H2,1H3,(H,38,39). The minimum absolute atomic E-state index is 0.0393. The summed E-state index contributed by atoms with van der Waals surface area (Å²) in [7, 11) is 0. The molecule has 3 aliphatic rings. The Morgan fingerprint density at radius 1 is 1.14 bits per heavy atom. The van der Waals surface area contributed by atoms with Crippen LogP contribution in [0.5, 0.6) is 5.75 Å². The molecule has 1 saturated carbocycles. The van der Waals surface area contributed by atoms with E-state index < -0.39 is 17.2 Å². The third-order valence-electron chi connectivity index (χ3n) is 8.27. The summed E-state index contributed by atoms with van der Waals surface area (Å²) in [6.45, 7) is 4.92. The zero-order chi connectivity index (χ0) is 29.1. The van der Waals surface area contributed by atoms with Crippen molar-refractivity contribution in [2.75, 3.05) is 43.4 Å². The van der Waals surface area contributed by atoms with Crippen LogP contribution in [0.25, 0.3) is 21.1 Å². The van der Waals surface area contributed by atoms with Crippen molar-refractivity contribution in [3.63, 3.8) is 0 Å². The number of benzene rings is 2. The van der Waals surface area contributed by atoms with Gasteiger partial charge in [-0.1, -0.05) is 0 Å². The van der Waals surface area contributed by atoms with Gasteiger partial charge in [0.2, 0.25) is 5.43 Å². The lowest BCUT2D eigenvalue weighted by atomic mass is 10.0. The Kier molecular flexibility index (Phi) is 6.94. The first-order chi connectivity index (χ1) is 20.3. The van der Waals surface area contributed by atoms with Crippen LogP contribution in [-0.4, -0.2) is 75.2 Å². The van der Waals surface area contributed by atoms with Crippen LogP contribution in [0.4, 0.5) is 10.1 Å². The summed E-state index contributed by atoms with van der Waals surface area (Å²) >= 11 is 3.18. The molecule has 2 aliphatic heterocycles. The fourth-order valence-electron chi connectivity index (χ4n) is 6.03. The number of thioether (sulfide) groups is 1. The number of anilines is 1. The number of carboxylic acids is 1. The molecule has 218 valence electrons. The van der Waals surface area contributed by atoms with E-state index >= 15 is 4.39 Å². The minimum atomic E-state index is -1.31. The lowest BCUT2D eigenvalue weighted by molar-refractivity contribution is -0.118. The molecule has 2 saturated heterocycles. The lowest BCUT2D eigenvalue weighted by Gasteiger charge is -2.40. The fraction of sp³-hybridized carbons (Fsp3) is 0.400. The van der Waals surface area contributed by atoms with Crippen molar-refractivity contribution in [1.82, 2.24) is 14.5 Å². The van der Waals surface area contributed by atoms with Gasteiger partial charge in [-0.05, 0) is 50.1 Å². The Morgan fingerprint density at radius 2 is 1.93 bits per heavy atom. The Bertz CT molecular complexity index is 1790. The average Bonchev–Trinajstić information content (AvgIpc) is 3.62.